The fourth-order valence-corrected chi connectivity index (χ4v) is 1.13. The molecular weight excluding hydrogens is 208 g/mol. The lowest BCUT2D eigenvalue weighted by Crippen LogP contribution is -2.16. The molecule has 0 bridgehead atoms. The number of aliphatic hydroxyl groups is 1. The van der Waals surface area contributed by atoms with Crippen LogP contribution in [-0.4, -0.2) is 35.3 Å². The van der Waals surface area contributed by atoms with Gasteiger partial charge in [0.2, 0.25) is 0 Å². The Morgan fingerprint density at radius 3 is 3.00 bits per heavy atom. The molecule has 0 saturated carbocycles. The summed E-state index contributed by atoms with van der Waals surface area (Å²) in [7, 11) is 0. The molecule has 1 aromatic heterocycles. The van der Waals surface area contributed by atoms with Crippen LogP contribution in [0.1, 0.15) is 24.2 Å². The molecule has 0 radical (unpaired) electrons. The van der Waals surface area contributed by atoms with Crippen LogP contribution in [0.2, 0.25) is 0 Å². The predicted molar refractivity (Wildman–Crippen MR) is 60.4 cm³/mol. The first-order chi connectivity index (χ1) is 7.63. The summed E-state index contributed by atoms with van der Waals surface area (Å²) in [5, 5.41) is 12.1. The minimum absolute atomic E-state index is 0.337. The van der Waals surface area contributed by atoms with Gasteiger partial charge in [-0.25, -0.2) is 4.79 Å². The quantitative estimate of drug-likeness (QED) is 0.731. The standard InChI is InChI=1S/C11H16N2O3/c1-3-16-11(15)9-4-10(7-12-6-9)13-5-8(2)14/h4,6-8,13-14H,3,5H2,1-2H3. The lowest BCUT2D eigenvalue weighted by molar-refractivity contribution is 0.0526. The Morgan fingerprint density at radius 1 is 1.62 bits per heavy atom. The highest BCUT2D eigenvalue weighted by Crippen LogP contribution is 2.09. The van der Waals surface area contributed by atoms with E-state index in [0.717, 1.165) is 0 Å². The van der Waals surface area contributed by atoms with E-state index in [1.165, 1.54) is 6.20 Å². The van der Waals surface area contributed by atoms with Crippen LogP contribution in [0.25, 0.3) is 0 Å². The van der Waals surface area contributed by atoms with Crippen LogP contribution in [0.3, 0.4) is 0 Å². The van der Waals surface area contributed by atoms with E-state index >= 15 is 0 Å². The van der Waals surface area contributed by atoms with Gasteiger partial charge in [0.25, 0.3) is 0 Å². The predicted octanol–water partition coefficient (Wildman–Crippen LogP) is 1.05. The third-order valence-corrected chi connectivity index (χ3v) is 1.85. The van der Waals surface area contributed by atoms with Crippen molar-refractivity contribution in [2.45, 2.75) is 20.0 Å². The molecule has 0 aliphatic rings. The number of esters is 1. The highest BCUT2D eigenvalue weighted by molar-refractivity contribution is 5.90. The van der Waals surface area contributed by atoms with Crippen molar-refractivity contribution in [3.8, 4) is 0 Å². The molecule has 0 saturated heterocycles. The third kappa shape index (κ3) is 3.86. The molecule has 0 spiro atoms. The number of carbonyl (C=O) groups excluding carboxylic acids is 1. The van der Waals surface area contributed by atoms with E-state index in [-0.39, 0.29) is 0 Å². The summed E-state index contributed by atoms with van der Waals surface area (Å²) in [6.07, 6.45) is 2.59. The van der Waals surface area contributed by atoms with Crippen LogP contribution in [0.4, 0.5) is 5.69 Å². The van der Waals surface area contributed by atoms with Crippen molar-refractivity contribution in [2.24, 2.45) is 0 Å². The Morgan fingerprint density at radius 2 is 2.38 bits per heavy atom. The van der Waals surface area contributed by atoms with Crippen molar-refractivity contribution < 1.29 is 14.6 Å². The van der Waals surface area contributed by atoms with Crippen LogP contribution < -0.4 is 5.32 Å². The fraction of sp³-hybridized carbons (Fsp3) is 0.455. The van der Waals surface area contributed by atoms with Crippen molar-refractivity contribution in [2.75, 3.05) is 18.5 Å². The first kappa shape index (κ1) is 12.4. The third-order valence-electron chi connectivity index (χ3n) is 1.85. The Labute approximate surface area is 94.5 Å². The largest absolute Gasteiger partial charge is 0.462 e. The molecule has 2 N–H and O–H groups in total. The summed E-state index contributed by atoms with van der Waals surface area (Å²) in [4.78, 5) is 15.3. The highest BCUT2D eigenvalue weighted by Gasteiger charge is 2.07. The number of hydrogen-bond donors (Lipinski definition) is 2. The molecule has 1 atom stereocenters. The molecule has 0 aliphatic heterocycles. The first-order valence-electron chi connectivity index (χ1n) is 5.17. The van der Waals surface area contributed by atoms with Gasteiger partial charge in [-0.1, -0.05) is 0 Å². The number of rotatable bonds is 5. The molecule has 16 heavy (non-hydrogen) atoms. The maximum Gasteiger partial charge on any atom is 0.339 e. The second kappa shape index (κ2) is 6.07. The van der Waals surface area contributed by atoms with E-state index < -0.39 is 12.1 Å². The van der Waals surface area contributed by atoms with E-state index in [1.54, 1.807) is 26.1 Å². The highest BCUT2D eigenvalue weighted by atomic mass is 16.5. The first-order valence-corrected chi connectivity index (χ1v) is 5.17. The number of aromatic nitrogens is 1. The number of nitrogens with zero attached hydrogens (tertiary/aromatic N) is 1. The number of ether oxygens (including phenoxy) is 1. The smallest absolute Gasteiger partial charge is 0.339 e. The van der Waals surface area contributed by atoms with Gasteiger partial charge in [0, 0.05) is 18.9 Å². The van der Waals surface area contributed by atoms with Crippen LogP contribution in [0, 0.1) is 0 Å². The summed E-state index contributed by atoms with van der Waals surface area (Å²) in [5.74, 6) is -0.393. The van der Waals surface area contributed by atoms with E-state index in [0.29, 0.717) is 24.4 Å². The lowest BCUT2D eigenvalue weighted by Gasteiger charge is -2.08. The normalized spacial score (nSPS) is 11.9. The number of anilines is 1. The number of pyridine rings is 1. The Balaban J connectivity index is 2.67. The van der Waals surface area contributed by atoms with Gasteiger partial charge in [-0.2, -0.15) is 0 Å². The van der Waals surface area contributed by atoms with Crippen LogP contribution >= 0.6 is 0 Å². The molecular formula is C11H16N2O3. The monoisotopic (exact) mass is 224 g/mol. The average molecular weight is 224 g/mol. The SMILES string of the molecule is CCOC(=O)c1cncc(NCC(C)O)c1. The molecule has 1 unspecified atom stereocenters. The summed E-state index contributed by atoms with van der Waals surface area (Å²) < 4.78 is 4.85. The van der Waals surface area contributed by atoms with Crippen LogP contribution in [0.5, 0.6) is 0 Å². The van der Waals surface area contributed by atoms with Crippen molar-refractivity contribution in [3.05, 3.63) is 24.0 Å². The second-order valence-electron chi connectivity index (χ2n) is 3.41. The van der Waals surface area contributed by atoms with E-state index in [4.69, 9.17) is 9.84 Å². The van der Waals surface area contributed by atoms with Gasteiger partial charge in [0.05, 0.1) is 24.0 Å². The molecule has 5 nitrogen and oxygen atoms in total. The molecule has 88 valence electrons. The summed E-state index contributed by atoms with van der Waals surface area (Å²) in [6.45, 7) is 4.18. The number of carbonyl (C=O) groups is 1. The zero-order valence-electron chi connectivity index (χ0n) is 9.43. The average Bonchev–Trinajstić information content (AvgIpc) is 2.27. The minimum Gasteiger partial charge on any atom is -0.462 e. The van der Waals surface area contributed by atoms with Crippen molar-refractivity contribution >= 4 is 11.7 Å². The van der Waals surface area contributed by atoms with E-state index in [1.807, 2.05) is 0 Å². The molecule has 1 heterocycles. The van der Waals surface area contributed by atoms with Gasteiger partial charge in [-0.3, -0.25) is 4.98 Å². The van der Waals surface area contributed by atoms with Gasteiger partial charge < -0.3 is 15.2 Å². The molecule has 0 fully saturated rings. The van der Waals surface area contributed by atoms with Crippen LogP contribution in [0.15, 0.2) is 18.5 Å². The Bertz CT molecular complexity index is 353. The minimum atomic E-state index is -0.453. The summed E-state index contributed by atoms with van der Waals surface area (Å²) in [6, 6.07) is 1.65. The molecule has 1 aromatic rings. The van der Waals surface area contributed by atoms with Gasteiger partial charge in [0.15, 0.2) is 0 Å². The number of nitrogens with one attached hydrogen (secondary N) is 1. The van der Waals surface area contributed by atoms with Gasteiger partial charge in [-0.15, -0.1) is 0 Å². The van der Waals surface area contributed by atoms with E-state index in [2.05, 4.69) is 10.3 Å². The Kier molecular flexibility index (Phi) is 4.72. The van der Waals surface area contributed by atoms with Gasteiger partial charge in [-0.05, 0) is 19.9 Å². The van der Waals surface area contributed by atoms with Crippen molar-refractivity contribution in [1.82, 2.24) is 4.98 Å². The topological polar surface area (TPSA) is 71.5 Å². The maximum atomic E-state index is 11.4. The van der Waals surface area contributed by atoms with Crippen LogP contribution in [-0.2, 0) is 4.74 Å². The van der Waals surface area contributed by atoms with Gasteiger partial charge in [0.1, 0.15) is 0 Å². The Hall–Kier alpha value is -1.62. The molecule has 0 amide bonds. The van der Waals surface area contributed by atoms with Gasteiger partial charge >= 0.3 is 5.97 Å². The second-order valence-corrected chi connectivity index (χ2v) is 3.41. The molecule has 0 aromatic carbocycles. The number of hydrogen-bond acceptors (Lipinski definition) is 5. The number of aliphatic hydroxyl groups excluding tert-OH is 1. The van der Waals surface area contributed by atoms with Crippen molar-refractivity contribution in [1.29, 1.82) is 0 Å². The molecule has 1 rings (SSSR count). The molecule has 0 aliphatic carbocycles. The summed E-state index contributed by atoms with van der Waals surface area (Å²) in [5.41, 5.74) is 1.09. The fourth-order valence-electron chi connectivity index (χ4n) is 1.13. The zero-order chi connectivity index (χ0) is 12.0. The van der Waals surface area contributed by atoms with E-state index in [9.17, 15) is 4.79 Å². The van der Waals surface area contributed by atoms with Crippen molar-refractivity contribution in [3.63, 3.8) is 0 Å². The molecule has 5 heteroatoms. The zero-order valence-corrected chi connectivity index (χ0v) is 9.43. The maximum absolute atomic E-state index is 11.4. The lowest BCUT2D eigenvalue weighted by atomic mass is 10.2. The summed E-state index contributed by atoms with van der Waals surface area (Å²) >= 11 is 0.